The second-order valence-corrected chi connectivity index (χ2v) is 6.56. The molecule has 1 aliphatic rings. The molecule has 0 aromatic carbocycles. The van der Waals surface area contributed by atoms with Gasteiger partial charge in [-0.1, -0.05) is 5.16 Å². The van der Waals surface area contributed by atoms with Crippen molar-refractivity contribution in [3.63, 3.8) is 0 Å². The Bertz CT molecular complexity index is 976. The monoisotopic (exact) mass is 356 g/mol. The molecule has 0 saturated carbocycles. The summed E-state index contributed by atoms with van der Waals surface area (Å²) in [4.78, 5) is 22.0. The molecular formula is C17H20N6O3. The lowest BCUT2D eigenvalue weighted by molar-refractivity contribution is -0.136. The zero-order valence-electron chi connectivity index (χ0n) is 14.8. The van der Waals surface area contributed by atoms with Gasteiger partial charge in [-0.3, -0.25) is 9.48 Å². The average Bonchev–Trinajstić information content (AvgIpc) is 3.09. The first kappa shape index (κ1) is 16.5. The molecule has 26 heavy (non-hydrogen) atoms. The number of anilines is 1. The third-order valence-corrected chi connectivity index (χ3v) is 4.56. The third-order valence-electron chi connectivity index (χ3n) is 4.56. The van der Waals surface area contributed by atoms with Gasteiger partial charge in [-0.2, -0.15) is 10.1 Å². The minimum atomic E-state index is -0.809. The standard InChI is InChI=1S/C17H20N6O3/c1-10-15-16(18-11(2)19-17(15)26-21-10)22-6-3-7-23-13(9-22)8-12(20-23)4-5-14(24)25/h8H,3-7,9H2,1-2H3,(H,24,25). The number of hydrogen-bond acceptors (Lipinski definition) is 7. The van der Waals surface area contributed by atoms with E-state index >= 15 is 0 Å². The van der Waals surface area contributed by atoms with E-state index in [2.05, 4.69) is 25.1 Å². The van der Waals surface area contributed by atoms with Crippen LogP contribution in [0.5, 0.6) is 0 Å². The normalized spacial score (nSPS) is 14.5. The quantitative estimate of drug-likeness (QED) is 0.754. The fourth-order valence-electron chi connectivity index (χ4n) is 3.36. The second-order valence-electron chi connectivity index (χ2n) is 6.56. The number of aromatic nitrogens is 5. The van der Waals surface area contributed by atoms with E-state index in [4.69, 9.17) is 9.63 Å². The van der Waals surface area contributed by atoms with Crippen LogP contribution in [0, 0.1) is 13.8 Å². The number of aryl methyl sites for hydroxylation is 4. The number of carboxylic acids is 1. The summed E-state index contributed by atoms with van der Waals surface area (Å²) in [6, 6.07) is 1.99. The molecule has 0 atom stereocenters. The first-order chi connectivity index (χ1) is 12.5. The number of rotatable bonds is 4. The summed E-state index contributed by atoms with van der Waals surface area (Å²) in [7, 11) is 0. The highest BCUT2D eigenvalue weighted by Gasteiger charge is 2.23. The summed E-state index contributed by atoms with van der Waals surface area (Å²) in [6.45, 7) is 6.02. The van der Waals surface area contributed by atoms with E-state index in [1.165, 1.54) is 0 Å². The van der Waals surface area contributed by atoms with Crippen molar-refractivity contribution in [3.05, 3.63) is 29.0 Å². The van der Waals surface area contributed by atoms with Crippen LogP contribution in [-0.2, 0) is 24.3 Å². The highest BCUT2D eigenvalue weighted by atomic mass is 16.5. The first-order valence-corrected chi connectivity index (χ1v) is 8.64. The number of fused-ring (bicyclic) bond motifs is 2. The lowest BCUT2D eigenvalue weighted by Crippen LogP contribution is -2.24. The van der Waals surface area contributed by atoms with Crippen molar-refractivity contribution in [1.29, 1.82) is 0 Å². The van der Waals surface area contributed by atoms with E-state index in [1.54, 1.807) is 0 Å². The fourth-order valence-corrected chi connectivity index (χ4v) is 3.36. The molecule has 0 aliphatic carbocycles. The predicted molar refractivity (Wildman–Crippen MR) is 92.9 cm³/mol. The number of carbonyl (C=O) groups is 1. The summed E-state index contributed by atoms with van der Waals surface area (Å²) in [5, 5.41) is 18.3. The van der Waals surface area contributed by atoms with Crippen molar-refractivity contribution in [2.45, 2.75) is 46.2 Å². The highest BCUT2D eigenvalue weighted by molar-refractivity contribution is 5.88. The fraction of sp³-hybridized carbons (Fsp3) is 0.471. The minimum Gasteiger partial charge on any atom is -0.481 e. The van der Waals surface area contributed by atoms with Crippen LogP contribution >= 0.6 is 0 Å². The van der Waals surface area contributed by atoms with Gasteiger partial charge in [0.2, 0.25) is 0 Å². The lowest BCUT2D eigenvalue weighted by Gasteiger charge is -2.21. The molecule has 3 aromatic heterocycles. The molecule has 0 fully saturated rings. The third kappa shape index (κ3) is 3.00. The maximum atomic E-state index is 10.8. The van der Waals surface area contributed by atoms with Crippen molar-refractivity contribution in [3.8, 4) is 0 Å². The zero-order valence-corrected chi connectivity index (χ0v) is 14.8. The Kier molecular flexibility index (Phi) is 4.06. The maximum Gasteiger partial charge on any atom is 0.303 e. The molecule has 136 valence electrons. The Balaban J connectivity index is 1.67. The number of hydrogen-bond donors (Lipinski definition) is 1. The van der Waals surface area contributed by atoms with Crippen LogP contribution in [0.2, 0.25) is 0 Å². The largest absolute Gasteiger partial charge is 0.481 e. The Hall–Kier alpha value is -2.97. The Morgan fingerprint density at radius 1 is 1.31 bits per heavy atom. The number of carboxylic acid groups (broad SMARTS) is 1. The summed E-state index contributed by atoms with van der Waals surface area (Å²) in [6.07, 6.45) is 1.45. The van der Waals surface area contributed by atoms with Crippen LogP contribution < -0.4 is 4.90 Å². The van der Waals surface area contributed by atoms with Gasteiger partial charge >= 0.3 is 5.97 Å². The van der Waals surface area contributed by atoms with E-state index in [0.29, 0.717) is 24.5 Å². The van der Waals surface area contributed by atoms with Gasteiger partial charge in [0.1, 0.15) is 17.0 Å². The minimum absolute atomic E-state index is 0.0891. The Labute approximate surface area is 149 Å². The maximum absolute atomic E-state index is 10.8. The topological polar surface area (TPSA) is 110 Å². The number of aliphatic carboxylic acids is 1. The first-order valence-electron chi connectivity index (χ1n) is 8.64. The van der Waals surface area contributed by atoms with Crippen LogP contribution in [0.4, 0.5) is 5.82 Å². The molecule has 4 rings (SSSR count). The summed E-state index contributed by atoms with van der Waals surface area (Å²) < 4.78 is 7.29. The molecular weight excluding hydrogens is 336 g/mol. The Morgan fingerprint density at radius 3 is 2.96 bits per heavy atom. The summed E-state index contributed by atoms with van der Waals surface area (Å²) in [5.41, 5.74) is 3.15. The average molecular weight is 356 g/mol. The van der Waals surface area contributed by atoms with Crippen molar-refractivity contribution in [1.82, 2.24) is 24.9 Å². The van der Waals surface area contributed by atoms with Crippen molar-refractivity contribution >= 4 is 22.9 Å². The van der Waals surface area contributed by atoms with Gasteiger partial charge in [-0.15, -0.1) is 0 Å². The van der Waals surface area contributed by atoms with Crippen LogP contribution in [0.3, 0.4) is 0 Å². The molecule has 4 heterocycles. The molecule has 3 aromatic rings. The van der Waals surface area contributed by atoms with Crippen LogP contribution in [0.1, 0.15) is 35.7 Å². The van der Waals surface area contributed by atoms with E-state index in [9.17, 15) is 4.79 Å². The summed E-state index contributed by atoms with van der Waals surface area (Å²) >= 11 is 0. The molecule has 1 aliphatic heterocycles. The van der Waals surface area contributed by atoms with Crippen LogP contribution in [0.25, 0.3) is 11.1 Å². The van der Waals surface area contributed by atoms with Gasteiger partial charge in [0.05, 0.1) is 30.0 Å². The molecule has 1 N–H and O–H groups in total. The highest BCUT2D eigenvalue weighted by Crippen LogP contribution is 2.29. The molecule has 0 bridgehead atoms. The Morgan fingerprint density at radius 2 is 2.15 bits per heavy atom. The summed E-state index contributed by atoms with van der Waals surface area (Å²) in [5.74, 6) is 0.660. The van der Waals surface area contributed by atoms with Crippen LogP contribution in [0.15, 0.2) is 10.6 Å². The van der Waals surface area contributed by atoms with E-state index in [0.717, 1.165) is 47.8 Å². The molecule has 0 spiro atoms. The molecule has 9 heteroatoms. The SMILES string of the molecule is Cc1nc(N2CCCn3nc(CCC(=O)O)cc3C2)c2c(C)noc2n1. The van der Waals surface area contributed by atoms with E-state index in [-0.39, 0.29) is 6.42 Å². The van der Waals surface area contributed by atoms with Crippen molar-refractivity contribution in [2.24, 2.45) is 0 Å². The molecule has 0 unspecified atom stereocenters. The van der Waals surface area contributed by atoms with E-state index < -0.39 is 5.97 Å². The van der Waals surface area contributed by atoms with Gasteiger partial charge < -0.3 is 14.5 Å². The van der Waals surface area contributed by atoms with E-state index in [1.807, 2.05) is 24.6 Å². The van der Waals surface area contributed by atoms with Gasteiger partial charge in [0.25, 0.3) is 5.71 Å². The molecule has 0 saturated heterocycles. The second kappa shape index (κ2) is 6.40. The molecule has 0 radical (unpaired) electrons. The van der Waals surface area contributed by atoms with Gasteiger partial charge in [-0.25, -0.2) is 4.98 Å². The molecule has 0 amide bonds. The predicted octanol–water partition coefficient (Wildman–Crippen LogP) is 1.86. The van der Waals surface area contributed by atoms with Crippen molar-refractivity contribution < 1.29 is 14.4 Å². The smallest absolute Gasteiger partial charge is 0.303 e. The van der Waals surface area contributed by atoms with Gasteiger partial charge in [0, 0.05) is 19.5 Å². The lowest BCUT2D eigenvalue weighted by atomic mass is 10.2. The van der Waals surface area contributed by atoms with Gasteiger partial charge in [-0.05, 0) is 26.3 Å². The van der Waals surface area contributed by atoms with Crippen LogP contribution in [-0.4, -0.2) is 42.5 Å². The molecule has 9 nitrogen and oxygen atoms in total. The van der Waals surface area contributed by atoms with Crippen molar-refractivity contribution in [2.75, 3.05) is 11.4 Å². The number of nitrogens with zero attached hydrogens (tertiary/aromatic N) is 6. The zero-order chi connectivity index (χ0) is 18.3. The van der Waals surface area contributed by atoms with Gasteiger partial charge in [0.15, 0.2) is 0 Å².